The Morgan fingerprint density at radius 3 is 2.45 bits per heavy atom. The molecule has 1 saturated heterocycles. The van der Waals surface area contributed by atoms with E-state index in [2.05, 4.69) is 15.0 Å². The number of fused-ring (bicyclic) bond motifs is 1. The highest BCUT2D eigenvalue weighted by molar-refractivity contribution is 5.97. The maximum Gasteiger partial charge on any atom is 0.410 e. The number of rotatable bonds is 7. The lowest BCUT2D eigenvalue weighted by Gasteiger charge is -2.45. The van der Waals surface area contributed by atoms with Gasteiger partial charge in [0.1, 0.15) is 11.3 Å². The summed E-state index contributed by atoms with van der Waals surface area (Å²) in [6.07, 6.45) is 1.73. The number of pyridine rings is 1. The van der Waals surface area contributed by atoms with Gasteiger partial charge in [0.25, 0.3) is 5.92 Å². The van der Waals surface area contributed by atoms with E-state index >= 15 is 0 Å². The number of nitrogens with zero attached hydrogens (tertiary/aromatic N) is 6. The molecule has 2 aromatic heterocycles. The summed E-state index contributed by atoms with van der Waals surface area (Å²) in [4.78, 5) is 36.7. The van der Waals surface area contributed by atoms with Crippen molar-refractivity contribution in [2.24, 2.45) is 7.05 Å². The second kappa shape index (κ2) is 11.5. The van der Waals surface area contributed by atoms with Crippen molar-refractivity contribution in [2.45, 2.75) is 104 Å². The minimum atomic E-state index is -3.06. The highest BCUT2D eigenvalue weighted by Gasteiger charge is 2.43. The molecule has 2 aromatic rings. The summed E-state index contributed by atoms with van der Waals surface area (Å²) in [6, 6.07) is 3.05. The lowest BCUT2D eigenvalue weighted by molar-refractivity contribution is -0.121. The molecule has 232 valence electrons. The molecule has 0 bridgehead atoms. The standard InChI is InChI=1S/C31H46F2N6O3/c1-10-11-31(32,33)26-14-25-24(15-34-26)30(7,8)19-39(25)27(40)18-37-16-21(3)38(28(41)42-29(4,5)6)17-23(37)13-22-12-20(2)35-36(22)9/h12,14-15,21,23H,10-11,13,16-19H2,1-9H3/t21-,23+/m1/s1. The molecule has 0 aliphatic carbocycles. The topological polar surface area (TPSA) is 83.8 Å². The lowest BCUT2D eigenvalue weighted by atomic mass is 9.88. The van der Waals surface area contributed by atoms with E-state index in [-0.39, 0.29) is 42.7 Å². The maximum absolute atomic E-state index is 14.8. The van der Waals surface area contributed by atoms with Gasteiger partial charge in [-0.15, -0.1) is 0 Å². The molecule has 0 unspecified atom stereocenters. The zero-order chi connectivity index (χ0) is 31.2. The number of carbonyl (C=O) groups is 2. The van der Waals surface area contributed by atoms with E-state index in [1.54, 1.807) is 16.7 Å². The third-order valence-electron chi connectivity index (χ3n) is 8.16. The fourth-order valence-electron chi connectivity index (χ4n) is 6.05. The van der Waals surface area contributed by atoms with Gasteiger partial charge in [-0.1, -0.05) is 27.2 Å². The normalized spacial score (nSPS) is 21.0. The van der Waals surface area contributed by atoms with Crippen molar-refractivity contribution in [2.75, 3.05) is 31.1 Å². The van der Waals surface area contributed by atoms with Gasteiger partial charge in [-0.05, 0) is 46.8 Å². The second-order valence-corrected chi connectivity index (χ2v) is 13.6. The first-order chi connectivity index (χ1) is 19.4. The predicted octanol–water partition coefficient (Wildman–Crippen LogP) is 5.19. The summed E-state index contributed by atoms with van der Waals surface area (Å²) in [5.74, 6) is -3.23. The molecular weight excluding hydrogens is 542 g/mol. The van der Waals surface area contributed by atoms with Crippen molar-refractivity contribution >= 4 is 17.7 Å². The Hall–Kier alpha value is -3.08. The molecule has 0 radical (unpaired) electrons. The Bertz CT molecular complexity index is 1320. The first-order valence-corrected chi connectivity index (χ1v) is 14.8. The molecule has 4 heterocycles. The largest absolute Gasteiger partial charge is 0.444 e. The van der Waals surface area contributed by atoms with Gasteiger partial charge in [-0.2, -0.15) is 13.9 Å². The van der Waals surface area contributed by atoms with Crippen LogP contribution in [0.25, 0.3) is 0 Å². The smallest absolute Gasteiger partial charge is 0.410 e. The van der Waals surface area contributed by atoms with Crippen LogP contribution in [0.2, 0.25) is 0 Å². The van der Waals surface area contributed by atoms with Crippen LogP contribution in [0, 0.1) is 6.92 Å². The van der Waals surface area contributed by atoms with Crippen molar-refractivity contribution in [1.29, 1.82) is 0 Å². The van der Waals surface area contributed by atoms with Crippen LogP contribution < -0.4 is 4.90 Å². The number of aryl methyl sites for hydroxylation is 2. The molecule has 1 fully saturated rings. The molecule has 0 N–H and O–H groups in total. The van der Waals surface area contributed by atoms with Crippen LogP contribution in [0.5, 0.6) is 0 Å². The maximum atomic E-state index is 14.8. The molecule has 2 aliphatic rings. The first-order valence-electron chi connectivity index (χ1n) is 14.8. The van der Waals surface area contributed by atoms with Gasteiger partial charge in [0.15, 0.2) is 0 Å². The lowest BCUT2D eigenvalue weighted by Crippen LogP contribution is -2.61. The van der Waals surface area contributed by atoms with Crippen molar-refractivity contribution < 1.29 is 23.1 Å². The van der Waals surface area contributed by atoms with E-state index < -0.39 is 16.9 Å². The van der Waals surface area contributed by atoms with Crippen LogP contribution in [0.15, 0.2) is 18.3 Å². The van der Waals surface area contributed by atoms with E-state index in [0.29, 0.717) is 38.2 Å². The van der Waals surface area contributed by atoms with E-state index in [9.17, 15) is 18.4 Å². The number of halogens is 2. The van der Waals surface area contributed by atoms with Gasteiger partial charge in [-0.25, -0.2) is 4.79 Å². The first kappa shape index (κ1) is 31.8. The number of amides is 2. The van der Waals surface area contributed by atoms with Crippen LogP contribution in [0.1, 0.15) is 84.0 Å². The monoisotopic (exact) mass is 588 g/mol. The van der Waals surface area contributed by atoms with Gasteiger partial charge >= 0.3 is 6.09 Å². The van der Waals surface area contributed by atoms with E-state index in [1.807, 2.05) is 66.3 Å². The molecule has 0 spiro atoms. The zero-order valence-electron chi connectivity index (χ0n) is 26.5. The Morgan fingerprint density at radius 2 is 1.86 bits per heavy atom. The molecule has 2 atom stereocenters. The average molecular weight is 589 g/mol. The molecule has 42 heavy (non-hydrogen) atoms. The van der Waals surface area contributed by atoms with Crippen LogP contribution in [-0.4, -0.2) is 80.4 Å². The molecular formula is C31H46F2N6O3. The average Bonchev–Trinajstić information content (AvgIpc) is 3.32. The summed E-state index contributed by atoms with van der Waals surface area (Å²) < 4.78 is 37.2. The number of carbonyl (C=O) groups excluding carboxylic acids is 2. The summed E-state index contributed by atoms with van der Waals surface area (Å²) in [6.45, 7) is 16.4. The van der Waals surface area contributed by atoms with Crippen LogP contribution in [-0.2, 0) is 34.3 Å². The summed E-state index contributed by atoms with van der Waals surface area (Å²) in [5, 5.41) is 4.48. The summed E-state index contributed by atoms with van der Waals surface area (Å²) >= 11 is 0. The van der Waals surface area contributed by atoms with Crippen molar-refractivity contribution in [1.82, 2.24) is 24.6 Å². The van der Waals surface area contributed by atoms with Gasteiger partial charge in [-0.3, -0.25) is 19.4 Å². The highest BCUT2D eigenvalue weighted by Crippen LogP contribution is 2.43. The van der Waals surface area contributed by atoms with Gasteiger partial charge < -0.3 is 14.5 Å². The Balaban J connectivity index is 1.61. The van der Waals surface area contributed by atoms with Crippen LogP contribution in [0.4, 0.5) is 19.3 Å². The fraction of sp³-hybridized carbons (Fsp3) is 0.677. The Morgan fingerprint density at radius 1 is 1.17 bits per heavy atom. The number of hydrogen-bond acceptors (Lipinski definition) is 6. The Kier molecular flexibility index (Phi) is 8.75. The number of ether oxygens (including phenoxy) is 1. The third-order valence-corrected chi connectivity index (χ3v) is 8.16. The number of hydrogen-bond donors (Lipinski definition) is 0. The number of aromatic nitrogens is 3. The quantitative estimate of drug-likeness (QED) is 0.443. The van der Waals surface area contributed by atoms with Gasteiger partial charge in [0.2, 0.25) is 5.91 Å². The van der Waals surface area contributed by atoms with Gasteiger partial charge in [0.05, 0.1) is 17.9 Å². The molecule has 11 heteroatoms. The van der Waals surface area contributed by atoms with E-state index in [4.69, 9.17) is 4.74 Å². The van der Waals surface area contributed by atoms with Crippen molar-refractivity contribution in [3.8, 4) is 0 Å². The minimum Gasteiger partial charge on any atom is -0.444 e. The second-order valence-electron chi connectivity index (χ2n) is 13.6. The Labute approximate surface area is 248 Å². The number of anilines is 1. The molecule has 0 aromatic carbocycles. The molecule has 9 nitrogen and oxygen atoms in total. The fourth-order valence-corrected chi connectivity index (χ4v) is 6.05. The third kappa shape index (κ3) is 6.76. The van der Waals surface area contributed by atoms with E-state index in [0.717, 1.165) is 17.0 Å². The zero-order valence-corrected chi connectivity index (χ0v) is 26.5. The predicted molar refractivity (Wildman–Crippen MR) is 158 cm³/mol. The minimum absolute atomic E-state index is 0.0898. The molecule has 2 aliphatic heterocycles. The summed E-state index contributed by atoms with van der Waals surface area (Å²) in [7, 11) is 1.89. The highest BCUT2D eigenvalue weighted by atomic mass is 19.3. The van der Waals surface area contributed by atoms with E-state index in [1.165, 1.54) is 12.3 Å². The molecule has 2 amide bonds. The summed E-state index contributed by atoms with van der Waals surface area (Å²) in [5.41, 5.74) is 1.82. The number of alkyl halides is 2. The SMILES string of the molecule is CCCC(F)(F)c1cc2c(cn1)C(C)(C)CN2C(=O)CN1C[C@@H](C)N(C(=O)OC(C)(C)C)C[C@@H]1Cc1cc(C)nn1C. The molecule has 0 saturated carbocycles. The van der Waals surface area contributed by atoms with Crippen LogP contribution >= 0.6 is 0 Å². The van der Waals surface area contributed by atoms with Crippen LogP contribution in [0.3, 0.4) is 0 Å². The van der Waals surface area contributed by atoms with Gasteiger partial charge in [0, 0.05) is 74.5 Å². The van der Waals surface area contributed by atoms with Crippen molar-refractivity contribution in [3.05, 3.63) is 41.0 Å². The number of piperazine rings is 1. The molecule has 4 rings (SSSR count). The van der Waals surface area contributed by atoms with Crippen molar-refractivity contribution in [3.63, 3.8) is 0 Å².